The Hall–Kier alpha value is -4.08. The van der Waals surface area contributed by atoms with Crippen molar-refractivity contribution in [3.05, 3.63) is 108 Å². The predicted molar refractivity (Wildman–Crippen MR) is 137 cm³/mol. The molecule has 0 atom stereocenters. The molecule has 9 heteroatoms. The first-order valence-corrected chi connectivity index (χ1v) is 12.8. The summed E-state index contributed by atoms with van der Waals surface area (Å²) in [5.41, 5.74) is 3.09. The van der Waals surface area contributed by atoms with Gasteiger partial charge in [-0.2, -0.15) is 0 Å². The quantitative estimate of drug-likeness (QED) is 0.291. The van der Waals surface area contributed by atoms with Crippen LogP contribution < -0.4 is 10.0 Å². The highest BCUT2D eigenvalue weighted by molar-refractivity contribution is 7.92. The molecule has 0 radical (unpaired) electrons. The molecule has 0 unspecified atom stereocenters. The monoisotopic (exact) mass is 503 g/mol. The van der Waals surface area contributed by atoms with E-state index in [1.165, 1.54) is 36.4 Å². The molecular weight excluding hydrogens is 485 g/mol. The van der Waals surface area contributed by atoms with Crippen LogP contribution in [0.15, 0.2) is 102 Å². The molecule has 174 valence electrons. The maximum atomic E-state index is 13.1. The van der Waals surface area contributed by atoms with Crippen LogP contribution in [-0.4, -0.2) is 19.3 Å². The van der Waals surface area contributed by atoms with Gasteiger partial charge in [0.05, 0.1) is 15.1 Å². The Morgan fingerprint density at radius 1 is 0.829 bits per heavy atom. The van der Waals surface area contributed by atoms with Crippen molar-refractivity contribution in [1.82, 2.24) is 4.98 Å². The molecule has 2 N–H and O–H groups in total. The zero-order chi connectivity index (χ0) is 24.4. The van der Waals surface area contributed by atoms with E-state index in [0.29, 0.717) is 11.3 Å². The van der Waals surface area contributed by atoms with Crippen molar-refractivity contribution in [3.63, 3.8) is 0 Å². The highest BCUT2D eigenvalue weighted by Gasteiger charge is 2.15. The number of benzene rings is 4. The maximum Gasteiger partial charge on any atom is 0.261 e. The van der Waals surface area contributed by atoms with Gasteiger partial charge >= 0.3 is 0 Å². The molecule has 1 aromatic heterocycles. The molecule has 5 rings (SSSR count). The number of fused-ring (bicyclic) bond motifs is 1. The molecular formula is C26H18FN3O3S2. The summed E-state index contributed by atoms with van der Waals surface area (Å²) in [6.45, 7) is 0. The van der Waals surface area contributed by atoms with Crippen molar-refractivity contribution < 1.29 is 17.6 Å². The second-order valence-corrected chi connectivity index (χ2v) is 10.4. The second-order valence-electron chi connectivity index (χ2n) is 7.66. The Morgan fingerprint density at radius 3 is 2.31 bits per heavy atom. The summed E-state index contributed by atoms with van der Waals surface area (Å²) in [7, 11) is -3.87. The third kappa shape index (κ3) is 5.06. The number of rotatable bonds is 6. The minimum atomic E-state index is -3.87. The normalized spacial score (nSPS) is 11.3. The molecule has 0 spiro atoms. The van der Waals surface area contributed by atoms with Gasteiger partial charge < -0.3 is 5.32 Å². The standard InChI is InChI=1S/C26H18FN3O3S2/c27-19-10-14-22(15-11-19)35(32,33)30-20-12-8-17(9-13-20)25(31)28-21-5-3-4-18(16-21)26-29-23-6-1-2-7-24(23)34-26/h1-16,30H,(H,28,31). The number of thiazole rings is 1. The molecule has 0 fully saturated rings. The fourth-order valence-corrected chi connectivity index (χ4v) is 5.47. The molecule has 6 nitrogen and oxygen atoms in total. The van der Waals surface area contributed by atoms with E-state index >= 15 is 0 Å². The van der Waals surface area contributed by atoms with Crippen molar-refractivity contribution in [2.75, 3.05) is 10.0 Å². The smallest absolute Gasteiger partial charge is 0.261 e. The van der Waals surface area contributed by atoms with Crippen molar-refractivity contribution >= 4 is 48.9 Å². The summed E-state index contributed by atoms with van der Waals surface area (Å²) in [4.78, 5) is 17.4. The van der Waals surface area contributed by atoms with Crippen LogP contribution in [0.4, 0.5) is 15.8 Å². The van der Waals surface area contributed by atoms with Crippen molar-refractivity contribution in [3.8, 4) is 10.6 Å². The molecule has 0 aliphatic rings. The number of anilines is 2. The van der Waals surface area contributed by atoms with E-state index in [0.717, 1.165) is 32.9 Å². The van der Waals surface area contributed by atoms with Crippen LogP contribution in [0.3, 0.4) is 0 Å². The molecule has 35 heavy (non-hydrogen) atoms. The zero-order valence-corrected chi connectivity index (χ0v) is 19.7. The fourth-order valence-electron chi connectivity index (χ4n) is 3.45. The van der Waals surface area contributed by atoms with Gasteiger partial charge in [0.25, 0.3) is 15.9 Å². The first-order chi connectivity index (χ1) is 16.9. The molecule has 1 heterocycles. The highest BCUT2D eigenvalue weighted by atomic mass is 32.2. The first kappa shape index (κ1) is 22.7. The van der Waals surface area contributed by atoms with E-state index in [4.69, 9.17) is 0 Å². The SMILES string of the molecule is O=C(Nc1cccc(-c2nc3ccccc3s2)c1)c1ccc(NS(=O)(=O)c2ccc(F)cc2)cc1. The summed E-state index contributed by atoms with van der Waals surface area (Å²) in [5, 5.41) is 3.73. The number of hydrogen-bond acceptors (Lipinski definition) is 5. The Morgan fingerprint density at radius 2 is 1.57 bits per heavy atom. The lowest BCUT2D eigenvalue weighted by Gasteiger charge is -2.10. The van der Waals surface area contributed by atoms with Crippen LogP contribution >= 0.6 is 11.3 Å². The highest BCUT2D eigenvalue weighted by Crippen LogP contribution is 2.31. The number of carbonyl (C=O) groups excluding carboxylic acids is 1. The van der Waals surface area contributed by atoms with Crippen molar-refractivity contribution in [2.24, 2.45) is 0 Å². The number of aromatic nitrogens is 1. The number of sulfonamides is 1. The Bertz CT molecular complexity index is 1600. The van der Waals surface area contributed by atoms with Crippen LogP contribution in [0.25, 0.3) is 20.8 Å². The van der Waals surface area contributed by atoms with Crippen molar-refractivity contribution in [2.45, 2.75) is 4.90 Å². The Kier molecular flexibility index (Phi) is 6.02. The second kappa shape index (κ2) is 9.28. The fraction of sp³-hybridized carbons (Fsp3) is 0. The number of para-hydroxylation sites is 1. The molecule has 0 aliphatic carbocycles. The number of hydrogen-bond donors (Lipinski definition) is 2. The van der Waals surface area contributed by atoms with E-state index in [1.54, 1.807) is 17.4 Å². The topological polar surface area (TPSA) is 88.2 Å². The van der Waals surface area contributed by atoms with Gasteiger partial charge in [0.15, 0.2) is 0 Å². The summed E-state index contributed by atoms with van der Waals surface area (Å²) < 4.78 is 41.5. The summed E-state index contributed by atoms with van der Waals surface area (Å²) in [6.07, 6.45) is 0. The largest absolute Gasteiger partial charge is 0.322 e. The number of halogens is 1. The van der Waals surface area contributed by atoms with E-state index < -0.39 is 15.8 Å². The lowest BCUT2D eigenvalue weighted by Crippen LogP contribution is -2.14. The Balaban J connectivity index is 1.29. The van der Waals surface area contributed by atoms with Crippen LogP contribution in [-0.2, 0) is 10.0 Å². The van der Waals surface area contributed by atoms with Gasteiger partial charge in [-0.1, -0.05) is 24.3 Å². The van der Waals surface area contributed by atoms with E-state index in [1.807, 2.05) is 42.5 Å². The molecule has 5 aromatic rings. The molecule has 0 saturated carbocycles. The number of nitrogens with one attached hydrogen (secondary N) is 2. The van der Waals surface area contributed by atoms with E-state index in [-0.39, 0.29) is 16.5 Å². The third-order valence-electron chi connectivity index (χ3n) is 5.18. The molecule has 1 amide bonds. The van der Waals surface area contributed by atoms with Gasteiger partial charge in [0, 0.05) is 22.5 Å². The lowest BCUT2D eigenvalue weighted by atomic mass is 10.1. The zero-order valence-electron chi connectivity index (χ0n) is 18.1. The van der Waals surface area contributed by atoms with Gasteiger partial charge in [0.1, 0.15) is 10.8 Å². The Labute approximate surface area is 205 Å². The molecule has 0 saturated heterocycles. The minimum absolute atomic E-state index is 0.0614. The molecule has 0 bridgehead atoms. The summed E-state index contributed by atoms with van der Waals surface area (Å²) in [6, 6.07) is 25.9. The van der Waals surface area contributed by atoms with E-state index in [9.17, 15) is 17.6 Å². The van der Waals surface area contributed by atoms with E-state index in [2.05, 4.69) is 15.0 Å². The first-order valence-electron chi connectivity index (χ1n) is 10.5. The van der Waals surface area contributed by atoms with Crippen LogP contribution in [0.5, 0.6) is 0 Å². The molecule has 4 aromatic carbocycles. The molecule has 0 aliphatic heterocycles. The van der Waals surface area contributed by atoms with Gasteiger partial charge in [-0.3, -0.25) is 9.52 Å². The third-order valence-corrected chi connectivity index (χ3v) is 7.67. The number of amides is 1. The maximum absolute atomic E-state index is 13.1. The van der Waals surface area contributed by atoms with Crippen molar-refractivity contribution in [1.29, 1.82) is 0 Å². The average molecular weight is 504 g/mol. The summed E-state index contributed by atoms with van der Waals surface area (Å²) in [5.74, 6) is -0.857. The summed E-state index contributed by atoms with van der Waals surface area (Å²) >= 11 is 1.58. The van der Waals surface area contributed by atoms with Gasteiger partial charge in [-0.05, 0) is 72.8 Å². The number of nitrogens with zero attached hydrogens (tertiary/aromatic N) is 1. The number of carbonyl (C=O) groups is 1. The van der Waals surface area contributed by atoms with Gasteiger partial charge in [-0.15, -0.1) is 11.3 Å². The average Bonchev–Trinajstić information content (AvgIpc) is 3.29. The van der Waals surface area contributed by atoms with Crippen LogP contribution in [0.1, 0.15) is 10.4 Å². The minimum Gasteiger partial charge on any atom is -0.322 e. The van der Waals surface area contributed by atoms with Gasteiger partial charge in [0.2, 0.25) is 0 Å². The van der Waals surface area contributed by atoms with Crippen LogP contribution in [0.2, 0.25) is 0 Å². The lowest BCUT2D eigenvalue weighted by molar-refractivity contribution is 0.102. The predicted octanol–water partition coefficient (Wildman–Crippen LogP) is 6.16. The van der Waals surface area contributed by atoms with Gasteiger partial charge in [-0.25, -0.2) is 17.8 Å². The van der Waals surface area contributed by atoms with Crippen LogP contribution in [0, 0.1) is 5.82 Å².